The van der Waals surface area contributed by atoms with Gasteiger partial charge in [0.2, 0.25) is 0 Å². The Bertz CT molecular complexity index is 546. The molecule has 1 saturated heterocycles. The molecule has 0 spiro atoms. The van der Waals surface area contributed by atoms with Gasteiger partial charge in [0, 0.05) is 24.2 Å². The molecule has 2 aromatic rings. The van der Waals surface area contributed by atoms with E-state index in [0.717, 1.165) is 24.3 Å². The van der Waals surface area contributed by atoms with Gasteiger partial charge in [0.1, 0.15) is 5.52 Å². The Morgan fingerprint density at radius 2 is 2.06 bits per heavy atom. The van der Waals surface area contributed by atoms with E-state index in [1.165, 1.54) is 5.52 Å². The predicted molar refractivity (Wildman–Crippen MR) is 68.1 cm³/mol. The molecule has 1 fully saturated rings. The Balaban J connectivity index is 2.12. The highest BCUT2D eigenvalue weighted by Gasteiger charge is 2.22. The van der Waals surface area contributed by atoms with Gasteiger partial charge in [-0.25, -0.2) is 4.98 Å². The molecular weight excluding hydrogens is 212 g/mol. The molecule has 1 N–H and O–H groups in total. The van der Waals surface area contributed by atoms with Crippen molar-refractivity contribution in [3.8, 4) is 0 Å². The van der Waals surface area contributed by atoms with E-state index in [9.17, 15) is 0 Å². The highest BCUT2D eigenvalue weighted by Crippen LogP contribution is 2.25. The maximum atomic E-state index is 4.50. The largest absolute Gasteiger partial charge is 0.325 e. The molecule has 3 rings (SSSR count). The Hall–Kier alpha value is -1.42. The summed E-state index contributed by atoms with van der Waals surface area (Å²) in [5, 5.41) is 3.29. The monoisotopic (exact) mass is 230 g/mol. The van der Waals surface area contributed by atoms with Crippen molar-refractivity contribution in [2.24, 2.45) is 0 Å². The minimum absolute atomic E-state index is 0.0845. The van der Waals surface area contributed by atoms with Gasteiger partial charge in [-0.1, -0.05) is 20.8 Å². The molecule has 0 unspecified atom stereocenters. The van der Waals surface area contributed by atoms with Crippen molar-refractivity contribution in [3.63, 3.8) is 0 Å². The molecule has 1 aliphatic rings. The standard InChI is InChI=1S/C13H18N4/c1-13(2,3)12-4-11-10(7-15-12)16-8-17(11)9-5-14-6-9/h4,7-9,14H,5-6H2,1-3H3. The van der Waals surface area contributed by atoms with Crippen LogP contribution in [0.5, 0.6) is 0 Å². The Kier molecular flexibility index (Phi) is 2.23. The van der Waals surface area contributed by atoms with Crippen LogP contribution in [0.3, 0.4) is 0 Å². The molecule has 90 valence electrons. The van der Waals surface area contributed by atoms with Crippen molar-refractivity contribution in [2.75, 3.05) is 13.1 Å². The molecule has 17 heavy (non-hydrogen) atoms. The van der Waals surface area contributed by atoms with Crippen molar-refractivity contribution >= 4 is 11.0 Å². The molecule has 0 saturated carbocycles. The summed E-state index contributed by atoms with van der Waals surface area (Å²) in [7, 11) is 0. The molecule has 1 aliphatic heterocycles. The lowest BCUT2D eigenvalue weighted by Gasteiger charge is -2.29. The highest BCUT2D eigenvalue weighted by atomic mass is 15.2. The summed E-state index contributed by atoms with van der Waals surface area (Å²) in [6.07, 6.45) is 3.82. The van der Waals surface area contributed by atoms with Crippen LogP contribution < -0.4 is 5.32 Å². The normalized spacial score (nSPS) is 17.4. The topological polar surface area (TPSA) is 42.7 Å². The van der Waals surface area contributed by atoms with Crippen LogP contribution in [0.1, 0.15) is 32.5 Å². The van der Waals surface area contributed by atoms with E-state index in [2.05, 4.69) is 46.7 Å². The molecule has 4 heteroatoms. The van der Waals surface area contributed by atoms with E-state index < -0.39 is 0 Å². The SMILES string of the molecule is CC(C)(C)c1cc2c(cn1)ncn2C1CNC1. The first-order valence-corrected chi connectivity index (χ1v) is 6.09. The number of fused-ring (bicyclic) bond motifs is 1. The van der Waals surface area contributed by atoms with Crippen LogP contribution in [0, 0.1) is 0 Å². The summed E-state index contributed by atoms with van der Waals surface area (Å²) in [5.41, 5.74) is 3.40. The maximum absolute atomic E-state index is 4.50. The lowest BCUT2D eigenvalue weighted by atomic mass is 9.91. The number of nitrogens with one attached hydrogen (secondary N) is 1. The Labute approximate surface area is 101 Å². The van der Waals surface area contributed by atoms with Gasteiger partial charge in [0.15, 0.2) is 0 Å². The van der Waals surface area contributed by atoms with Crippen LogP contribution in [-0.2, 0) is 5.41 Å². The van der Waals surface area contributed by atoms with Gasteiger partial charge >= 0.3 is 0 Å². The summed E-state index contributed by atoms with van der Waals surface area (Å²) in [6, 6.07) is 2.73. The second kappa shape index (κ2) is 3.53. The van der Waals surface area contributed by atoms with Gasteiger partial charge in [0.25, 0.3) is 0 Å². The first kappa shape index (κ1) is 10.7. The van der Waals surface area contributed by atoms with Crippen LogP contribution in [0.2, 0.25) is 0 Å². The van der Waals surface area contributed by atoms with E-state index >= 15 is 0 Å². The fourth-order valence-electron chi connectivity index (χ4n) is 2.10. The molecule has 0 aliphatic carbocycles. The highest BCUT2D eigenvalue weighted by molar-refractivity contribution is 5.75. The zero-order valence-electron chi connectivity index (χ0n) is 10.6. The number of hydrogen-bond acceptors (Lipinski definition) is 3. The van der Waals surface area contributed by atoms with Crippen LogP contribution >= 0.6 is 0 Å². The van der Waals surface area contributed by atoms with Crippen molar-refractivity contribution in [2.45, 2.75) is 32.2 Å². The van der Waals surface area contributed by atoms with Crippen LogP contribution in [-0.4, -0.2) is 27.6 Å². The fourth-order valence-corrected chi connectivity index (χ4v) is 2.10. The van der Waals surface area contributed by atoms with Crippen molar-refractivity contribution in [1.29, 1.82) is 0 Å². The molecular formula is C13H18N4. The third-order valence-corrected chi connectivity index (χ3v) is 3.38. The van der Waals surface area contributed by atoms with Crippen molar-refractivity contribution in [1.82, 2.24) is 19.9 Å². The second-order valence-corrected chi connectivity index (χ2v) is 5.77. The van der Waals surface area contributed by atoms with Gasteiger partial charge in [-0.15, -0.1) is 0 Å². The number of rotatable bonds is 1. The summed E-state index contributed by atoms with van der Waals surface area (Å²) in [5.74, 6) is 0. The smallest absolute Gasteiger partial charge is 0.107 e. The molecule has 0 atom stereocenters. The second-order valence-electron chi connectivity index (χ2n) is 5.77. The van der Waals surface area contributed by atoms with E-state index in [-0.39, 0.29) is 5.41 Å². The number of hydrogen-bond donors (Lipinski definition) is 1. The number of imidazole rings is 1. The summed E-state index contributed by atoms with van der Waals surface area (Å²) < 4.78 is 2.27. The van der Waals surface area contributed by atoms with Gasteiger partial charge in [-0.3, -0.25) is 4.98 Å². The molecule has 3 heterocycles. The van der Waals surface area contributed by atoms with Gasteiger partial charge in [-0.05, 0) is 6.07 Å². The lowest BCUT2D eigenvalue weighted by molar-refractivity contribution is 0.350. The molecule has 0 amide bonds. The zero-order chi connectivity index (χ0) is 12.0. The zero-order valence-corrected chi connectivity index (χ0v) is 10.6. The van der Waals surface area contributed by atoms with E-state index in [1.807, 2.05) is 12.5 Å². The molecule has 0 aromatic carbocycles. The third-order valence-electron chi connectivity index (χ3n) is 3.38. The Morgan fingerprint density at radius 3 is 2.65 bits per heavy atom. The summed E-state index contributed by atoms with van der Waals surface area (Å²) in [4.78, 5) is 8.92. The minimum Gasteiger partial charge on any atom is -0.325 e. The average molecular weight is 230 g/mol. The lowest BCUT2D eigenvalue weighted by Crippen LogP contribution is -2.43. The maximum Gasteiger partial charge on any atom is 0.107 e. The molecule has 0 bridgehead atoms. The van der Waals surface area contributed by atoms with Gasteiger partial charge < -0.3 is 9.88 Å². The number of aromatic nitrogens is 3. The first-order chi connectivity index (χ1) is 8.05. The van der Waals surface area contributed by atoms with E-state index in [4.69, 9.17) is 0 Å². The van der Waals surface area contributed by atoms with Crippen LogP contribution in [0.4, 0.5) is 0 Å². The third kappa shape index (κ3) is 1.72. The Morgan fingerprint density at radius 1 is 1.29 bits per heavy atom. The fraction of sp³-hybridized carbons (Fsp3) is 0.538. The summed E-state index contributed by atoms with van der Waals surface area (Å²) in [6.45, 7) is 8.64. The van der Waals surface area contributed by atoms with E-state index in [0.29, 0.717) is 6.04 Å². The van der Waals surface area contributed by atoms with Crippen molar-refractivity contribution in [3.05, 3.63) is 24.3 Å². The van der Waals surface area contributed by atoms with Gasteiger partial charge in [-0.2, -0.15) is 0 Å². The number of nitrogens with zero attached hydrogens (tertiary/aromatic N) is 3. The molecule has 0 radical (unpaired) electrons. The van der Waals surface area contributed by atoms with E-state index in [1.54, 1.807) is 0 Å². The predicted octanol–water partition coefficient (Wildman–Crippen LogP) is 1.87. The van der Waals surface area contributed by atoms with Gasteiger partial charge in [0.05, 0.1) is 24.1 Å². The summed E-state index contributed by atoms with van der Waals surface area (Å²) >= 11 is 0. The molecule has 2 aromatic heterocycles. The van der Waals surface area contributed by atoms with Crippen LogP contribution in [0.25, 0.3) is 11.0 Å². The minimum atomic E-state index is 0.0845. The first-order valence-electron chi connectivity index (χ1n) is 6.09. The van der Waals surface area contributed by atoms with Crippen LogP contribution in [0.15, 0.2) is 18.6 Å². The van der Waals surface area contributed by atoms with Crippen molar-refractivity contribution < 1.29 is 0 Å². The molecule has 4 nitrogen and oxygen atoms in total. The quantitative estimate of drug-likeness (QED) is 0.813. The average Bonchev–Trinajstić information content (AvgIpc) is 2.57. The number of pyridine rings is 1.